The van der Waals surface area contributed by atoms with Crippen LogP contribution in [0.15, 0.2) is 42.5 Å². The van der Waals surface area contributed by atoms with Gasteiger partial charge in [0.1, 0.15) is 12.4 Å². The summed E-state index contributed by atoms with van der Waals surface area (Å²) in [5.74, 6) is 0.978. The molecule has 0 aliphatic rings. The number of hydrogen-bond acceptors (Lipinski definition) is 1. The summed E-state index contributed by atoms with van der Waals surface area (Å²) in [5, 5.41) is 0. The lowest BCUT2D eigenvalue weighted by atomic mass is 10.0. The second-order valence-corrected chi connectivity index (χ2v) is 3.59. The van der Waals surface area contributed by atoms with Crippen molar-refractivity contribution in [1.82, 2.24) is 0 Å². The molecule has 2 rings (SSSR count). The topological polar surface area (TPSA) is 9.23 Å². The second kappa shape index (κ2) is 5.33. The van der Waals surface area contributed by atoms with Crippen molar-refractivity contribution in [2.24, 2.45) is 0 Å². The van der Waals surface area contributed by atoms with Gasteiger partial charge >= 0.3 is 0 Å². The van der Waals surface area contributed by atoms with E-state index in [4.69, 9.17) is 11.2 Å². The van der Waals surface area contributed by atoms with E-state index in [0.717, 1.165) is 6.07 Å². The van der Waals surface area contributed by atoms with Gasteiger partial charge in [0.2, 0.25) is 0 Å². The van der Waals surface area contributed by atoms with Crippen LogP contribution in [-0.4, -0.2) is 6.61 Å². The normalized spacial score (nSPS) is 9.83. The Bertz CT molecular complexity index is 600. The monoisotopic (exact) mass is 244 g/mol. The van der Waals surface area contributed by atoms with E-state index in [-0.39, 0.29) is 12.2 Å². The van der Waals surface area contributed by atoms with Gasteiger partial charge in [0.15, 0.2) is 11.6 Å². The molecule has 0 aromatic heterocycles. The Morgan fingerprint density at radius 3 is 2.50 bits per heavy atom. The second-order valence-electron chi connectivity index (χ2n) is 3.59. The van der Waals surface area contributed by atoms with E-state index in [0.29, 0.717) is 11.3 Å². The molecule has 0 saturated heterocycles. The fourth-order valence-electron chi connectivity index (χ4n) is 1.65. The van der Waals surface area contributed by atoms with Gasteiger partial charge in [0, 0.05) is 11.1 Å². The maximum atomic E-state index is 13.7. The number of para-hydroxylation sites is 1. The van der Waals surface area contributed by atoms with E-state index < -0.39 is 11.6 Å². The van der Waals surface area contributed by atoms with Gasteiger partial charge in [-0.2, -0.15) is 0 Å². The van der Waals surface area contributed by atoms with E-state index in [1.54, 1.807) is 24.3 Å². The number of benzene rings is 2. The van der Waals surface area contributed by atoms with Crippen molar-refractivity contribution in [2.75, 3.05) is 6.61 Å². The number of ether oxygens (including phenoxy) is 1. The standard InChI is InChI=1S/C15H10F2O/c1-2-10-18-14-9-4-3-6-11(14)12-7-5-8-13(16)15(12)17/h1,3-9H,10H2. The predicted octanol–water partition coefficient (Wildman–Crippen LogP) is 3.64. The minimum absolute atomic E-state index is 0.0773. The molecular formula is C15H10F2O. The molecule has 0 aliphatic carbocycles. The van der Waals surface area contributed by atoms with Crippen LogP contribution in [0.25, 0.3) is 11.1 Å². The third-order valence-electron chi connectivity index (χ3n) is 2.44. The summed E-state index contributed by atoms with van der Waals surface area (Å²) in [6.45, 7) is 0.0773. The highest BCUT2D eigenvalue weighted by Gasteiger charge is 2.13. The van der Waals surface area contributed by atoms with Gasteiger partial charge in [0.05, 0.1) is 0 Å². The first-order valence-electron chi connectivity index (χ1n) is 5.33. The van der Waals surface area contributed by atoms with Crippen LogP contribution < -0.4 is 4.74 Å². The first-order chi connectivity index (χ1) is 8.74. The molecule has 2 aromatic carbocycles. The van der Waals surface area contributed by atoms with E-state index in [9.17, 15) is 8.78 Å². The van der Waals surface area contributed by atoms with Crippen molar-refractivity contribution < 1.29 is 13.5 Å². The lowest BCUT2D eigenvalue weighted by Crippen LogP contribution is -1.97. The molecule has 0 N–H and O–H groups in total. The lowest BCUT2D eigenvalue weighted by Gasteiger charge is -2.10. The maximum absolute atomic E-state index is 13.7. The van der Waals surface area contributed by atoms with E-state index in [2.05, 4.69) is 5.92 Å². The zero-order valence-corrected chi connectivity index (χ0v) is 9.49. The molecule has 0 radical (unpaired) electrons. The molecule has 0 fully saturated rings. The summed E-state index contributed by atoms with van der Waals surface area (Å²) in [5.41, 5.74) is 0.632. The van der Waals surface area contributed by atoms with Gasteiger partial charge in [-0.05, 0) is 12.1 Å². The zero-order chi connectivity index (χ0) is 13.0. The van der Waals surface area contributed by atoms with E-state index >= 15 is 0 Å². The fourth-order valence-corrected chi connectivity index (χ4v) is 1.65. The van der Waals surface area contributed by atoms with Crippen molar-refractivity contribution in [3.05, 3.63) is 54.1 Å². The molecule has 1 nitrogen and oxygen atoms in total. The van der Waals surface area contributed by atoms with Crippen LogP contribution in [-0.2, 0) is 0 Å². The highest BCUT2D eigenvalue weighted by Crippen LogP contribution is 2.32. The van der Waals surface area contributed by atoms with Crippen LogP contribution in [0.3, 0.4) is 0 Å². The van der Waals surface area contributed by atoms with Gasteiger partial charge in [-0.15, -0.1) is 6.42 Å². The van der Waals surface area contributed by atoms with Crippen molar-refractivity contribution in [2.45, 2.75) is 0 Å². The summed E-state index contributed by atoms with van der Waals surface area (Å²) in [6, 6.07) is 10.8. The Kier molecular flexibility index (Phi) is 3.59. The Labute approximate surface area is 104 Å². The van der Waals surface area contributed by atoms with Crippen LogP contribution >= 0.6 is 0 Å². The van der Waals surface area contributed by atoms with E-state index in [1.165, 1.54) is 12.1 Å². The Balaban J connectivity index is 2.50. The van der Waals surface area contributed by atoms with Gasteiger partial charge in [-0.25, -0.2) is 8.78 Å². The first-order valence-corrected chi connectivity index (χ1v) is 5.33. The molecule has 0 bridgehead atoms. The van der Waals surface area contributed by atoms with Crippen molar-refractivity contribution >= 4 is 0 Å². The molecular weight excluding hydrogens is 234 g/mol. The van der Waals surface area contributed by atoms with Crippen molar-refractivity contribution in [1.29, 1.82) is 0 Å². The Hall–Kier alpha value is -2.34. The van der Waals surface area contributed by atoms with E-state index in [1.807, 2.05) is 0 Å². The fraction of sp³-hybridized carbons (Fsp3) is 0.0667. The van der Waals surface area contributed by atoms with Crippen LogP contribution in [0, 0.1) is 24.0 Å². The minimum atomic E-state index is -0.894. The van der Waals surface area contributed by atoms with Gasteiger partial charge in [0.25, 0.3) is 0 Å². The molecule has 0 atom stereocenters. The Morgan fingerprint density at radius 1 is 1.00 bits per heavy atom. The summed E-state index contributed by atoms with van der Waals surface area (Å²) in [7, 11) is 0. The molecule has 0 amide bonds. The minimum Gasteiger partial charge on any atom is -0.480 e. The average molecular weight is 244 g/mol. The van der Waals surface area contributed by atoms with Crippen LogP contribution in [0.2, 0.25) is 0 Å². The molecule has 0 aliphatic heterocycles. The summed E-state index contributed by atoms with van der Waals surface area (Å²) in [6.07, 6.45) is 5.11. The first kappa shape index (κ1) is 12.1. The number of hydrogen-bond donors (Lipinski definition) is 0. The largest absolute Gasteiger partial charge is 0.480 e. The molecule has 18 heavy (non-hydrogen) atoms. The van der Waals surface area contributed by atoms with Crippen LogP contribution in [0.5, 0.6) is 5.75 Å². The zero-order valence-electron chi connectivity index (χ0n) is 9.49. The lowest BCUT2D eigenvalue weighted by molar-refractivity contribution is 0.371. The molecule has 0 saturated carbocycles. The molecule has 2 aromatic rings. The SMILES string of the molecule is C#CCOc1ccccc1-c1cccc(F)c1F. The van der Waals surface area contributed by atoms with Crippen molar-refractivity contribution in [3.63, 3.8) is 0 Å². The number of halogens is 2. The van der Waals surface area contributed by atoms with Gasteiger partial charge in [-0.1, -0.05) is 36.3 Å². The smallest absolute Gasteiger partial charge is 0.166 e. The third-order valence-corrected chi connectivity index (χ3v) is 2.44. The van der Waals surface area contributed by atoms with Gasteiger partial charge in [-0.3, -0.25) is 0 Å². The summed E-state index contributed by atoms with van der Waals surface area (Å²) >= 11 is 0. The maximum Gasteiger partial charge on any atom is 0.166 e. The molecule has 0 unspecified atom stereocenters. The molecule has 3 heteroatoms. The Morgan fingerprint density at radius 2 is 1.72 bits per heavy atom. The summed E-state index contributed by atoms with van der Waals surface area (Å²) < 4.78 is 32.2. The van der Waals surface area contributed by atoms with Crippen LogP contribution in [0.1, 0.15) is 0 Å². The molecule has 90 valence electrons. The summed E-state index contributed by atoms with van der Waals surface area (Å²) in [4.78, 5) is 0. The number of rotatable bonds is 3. The number of terminal acetylenes is 1. The van der Waals surface area contributed by atoms with Crippen molar-refractivity contribution in [3.8, 4) is 29.2 Å². The average Bonchev–Trinajstić information content (AvgIpc) is 2.40. The quantitative estimate of drug-likeness (QED) is 0.749. The van der Waals surface area contributed by atoms with Crippen LogP contribution in [0.4, 0.5) is 8.78 Å². The highest BCUT2D eigenvalue weighted by molar-refractivity contribution is 5.71. The molecule has 0 spiro atoms. The molecule has 0 heterocycles. The predicted molar refractivity (Wildman–Crippen MR) is 66.1 cm³/mol. The third kappa shape index (κ3) is 2.33. The highest BCUT2D eigenvalue weighted by atomic mass is 19.2. The van der Waals surface area contributed by atoms with Gasteiger partial charge < -0.3 is 4.74 Å².